The van der Waals surface area contributed by atoms with Gasteiger partial charge in [0, 0.05) is 26.2 Å². The largest absolute Gasteiger partial charge is 0.353 e. The van der Waals surface area contributed by atoms with Crippen LogP contribution in [0.1, 0.15) is 39.3 Å². The first-order valence-electron chi connectivity index (χ1n) is 8.57. The van der Waals surface area contributed by atoms with Gasteiger partial charge in [-0.25, -0.2) is 4.68 Å². The van der Waals surface area contributed by atoms with Crippen molar-refractivity contribution in [2.75, 3.05) is 18.4 Å². The van der Waals surface area contributed by atoms with Gasteiger partial charge >= 0.3 is 5.69 Å². The Hall–Kier alpha value is -1.87. The Morgan fingerprint density at radius 1 is 1.54 bits per heavy atom. The number of halogens is 1. The van der Waals surface area contributed by atoms with Crippen molar-refractivity contribution in [2.45, 2.75) is 52.6 Å². The van der Waals surface area contributed by atoms with E-state index in [9.17, 15) is 14.9 Å². The van der Waals surface area contributed by atoms with Gasteiger partial charge in [0.25, 0.3) is 0 Å². The zero-order valence-corrected chi connectivity index (χ0v) is 16.8. The summed E-state index contributed by atoms with van der Waals surface area (Å²) in [5, 5.41) is 18.5. The SMILES string of the molecule is CCC(Nc1c([N+](=O)[O-])c(C)nn1C)C(=O)N1CCC(N)C(C)(C)C1.Cl. The number of nitrogens with zero attached hydrogens (tertiary/aromatic N) is 4. The predicted octanol–water partition coefficient (Wildman–Crippen LogP) is 1.83. The maximum Gasteiger partial charge on any atom is 0.333 e. The average molecular weight is 389 g/mol. The van der Waals surface area contributed by atoms with Crippen LogP contribution in [0, 0.1) is 22.5 Å². The van der Waals surface area contributed by atoms with E-state index in [0.29, 0.717) is 25.2 Å². The second kappa shape index (κ2) is 8.22. The number of nitrogens with one attached hydrogen (secondary N) is 1. The molecule has 10 heteroatoms. The van der Waals surface area contributed by atoms with Crippen molar-refractivity contribution in [3.8, 4) is 0 Å². The summed E-state index contributed by atoms with van der Waals surface area (Å²) in [5.74, 6) is 0.200. The Labute approximate surface area is 159 Å². The molecular formula is C16H29ClN6O3. The zero-order valence-electron chi connectivity index (χ0n) is 16.0. The van der Waals surface area contributed by atoms with Crippen LogP contribution in [-0.4, -0.2) is 50.7 Å². The van der Waals surface area contributed by atoms with Crippen molar-refractivity contribution in [2.24, 2.45) is 18.2 Å². The lowest BCUT2D eigenvalue weighted by atomic mass is 9.79. The molecule has 9 nitrogen and oxygen atoms in total. The van der Waals surface area contributed by atoms with Crippen LogP contribution in [0.2, 0.25) is 0 Å². The number of anilines is 1. The molecule has 1 aliphatic heterocycles. The number of likely N-dealkylation sites (tertiary alicyclic amines) is 1. The van der Waals surface area contributed by atoms with E-state index in [4.69, 9.17) is 5.73 Å². The third-order valence-corrected chi connectivity index (χ3v) is 5.01. The summed E-state index contributed by atoms with van der Waals surface area (Å²) < 4.78 is 1.42. The highest BCUT2D eigenvalue weighted by atomic mass is 35.5. The standard InChI is InChI=1S/C16H28N6O3.ClH/c1-6-11(15(23)21-8-7-12(17)16(3,4)9-21)18-14-13(22(24)25)10(2)19-20(14)5;/h11-12,18H,6-9,17H2,1-5H3;1H. The quantitative estimate of drug-likeness (QED) is 0.586. The fraction of sp³-hybridized carbons (Fsp3) is 0.750. The molecule has 0 aliphatic carbocycles. The Kier molecular flexibility index (Phi) is 7.01. The van der Waals surface area contributed by atoms with Crippen molar-refractivity contribution >= 4 is 29.8 Å². The maximum atomic E-state index is 13.0. The van der Waals surface area contributed by atoms with Crippen LogP contribution in [-0.2, 0) is 11.8 Å². The molecule has 1 aliphatic rings. The van der Waals surface area contributed by atoms with Crippen LogP contribution in [0.25, 0.3) is 0 Å². The van der Waals surface area contributed by atoms with Crippen molar-refractivity contribution < 1.29 is 9.72 Å². The molecule has 2 atom stereocenters. The van der Waals surface area contributed by atoms with Crippen LogP contribution < -0.4 is 11.1 Å². The Morgan fingerprint density at radius 2 is 2.15 bits per heavy atom. The maximum absolute atomic E-state index is 13.0. The minimum Gasteiger partial charge on any atom is -0.353 e. The number of aryl methyl sites for hydroxylation is 2. The summed E-state index contributed by atoms with van der Waals surface area (Å²) in [7, 11) is 1.63. The van der Waals surface area contributed by atoms with Crippen LogP contribution >= 0.6 is 12.4 Å². The van der Waals surface area contributed by atoms with E-state index in [-0.39, 0.29) is 41.3 Å². The molecule has 26 heavy (non-hydrogen) atoms. The van der Waals surface area contributed by atoms with Crippen LogP contribution in [0.3, 0.4) is 0 Å². The van der Waals surface area contributed by atoms with Crippen LogP contribution in [0.15, 0.2) is 0 Å². The lowest BCUT2D eigenvalue weighted by Crippen LogP contribution is -2.56. The predicted molar refractivity (Wildman–Crippen MR) is 103 cm³/mol. The van der Waals surface area contributed by atoms with E-state index in [1.807, 2.05) is 6.92 Å². The second-order valence-corrected chi connectivity index (χ2v) is 7.41. The van der Waals surface area contributed by atoms with Gasteiger partial charge in [-0.15, -0.1) is 12.4 Å². The summed E-state index contributed by atoms with van der Waals surface area (Å²) in [6, 6.07) is -0.482. The second-order valence-electron chi connectivity index (χ2n) is 7.41. The number of nitrogens with two attached hydrogens (primary N) is 1. The molecule has 1 amide bonds. The molecule has 1 aromatic heterocycles. The van der Waals surface area contributed by atoms with Crippen molar-refractivity contribution in [1.29, 1.82) is 0 Å². The number of nitro groups is 1. The molecule has 0 saturated carbocycles. The number of piperidine rings is 1. The lowest BCUT2D eigenvalue weighted by molar-refractivity contribution is -0.384. The summed E-state index contributed by atoms with van der Waals surface area (Å²) in [4.78, 5) is 25.6. The first-order chi connectivity index (χ1) is 11.6. The van der Waals surface area contributed by atoms with Gasteiger partial charge in [-0.3, -0.25) is 14.9 Å². The van der Waals surface area contributed by atoms with Gasteiger partial charge in [-0.2, -0.15) is 5.10 Å². The smallest absolute Gasteiger partial charge is 0.333 e. The first kappa shape index (κ1) is 22.2. The van der Waals surface area contributed by atoms with E-state index >= 15 is 0 Å². The Balaban J connectivity index is 0.00000338. The average Bonchev–Trinajstić information content (AvgIpc) is 2.80. The number of hydrogen-bond acceptors (Lipinski definition) is 6. The highest BCUT2D eigenvalue weighted by molar-refractivity contribution is 5.85. The molecule has 2 rings (SSSR count). The highest BCUT2D eigenvalue weighted by Gasteiger charge is 2.37. The van der Waals surface area contributed by atoms with E-state index in [1.165, 1.54) is 4.68 Å². The molecule has 1 fully saturated rings. The number of carbonyl (C=O) groups is 1. The van der Waals surface area contributed by atoms with Gasteiger partial charge in [0.15, 0.2) is 0 Å². The van der Waals surface area contributed by atoms with E-state index in [1.54, 1.807) is 18.9 Å². The molecule has 0 aromatic carbocycles. The summed E-state index contributed by atoms with van der Waals surface area (Å²) >= 11 is 0. The van der Waals surface area contributed by atoms with Gasteiger partial charge in [0.05, 0.1) is 4.92 Å². The molecule has 3 N–H and O–H groups in total. The number of amides is 1. The Morgan fingerprint density at radius 3 is 2.65 bits per heavy atom. The summed E-state index contributed by atoms with van der Waals surface area (Å²) in [5.41, 5.74) is 6.22. The van der Waals surface area contributed by atoms with E-state index < -0.39 is 11.0 Å². The molecule has 0 radical (unpaired) electrons. The van der Waals surface area contributed by atoms with Gasteiger partial charge in [-0.05, 0) is 25.2 Å². The van der Waals surface area contributed by atoms with E-state index in [2.05, 4.69) is 24.3 Å². The molecular weight excluding hydrogens is 360 g/mol. The number of hydrogen-bond donors (Lipinski definition) is 2. The molecule has 0 bridgehead atoms. The van der Waals surface area contributed by atoms with Gasteiger partial charge in [0.1, 0.15) is 11.7 Å². The van der Waals surface area contributed by atoms with Crippen molar-refractivity contribution in [3.63, 3.8) is 0 Å². The molecule has 1 aromatic rings. The number of aromatic nitrogens is 2. The first-order valence-corrected chi connectivity index (χ1v) is 8.57. The Bertz CT molecular complexity index is 675. The van der Waals surface area contributed by atoms with Crippen LogP contribution in [0.4, 0.5) is 11.5 Å². The third kappa shape index (κ3) is 4.27. The van der Waals surface area contributed by atoms with Crippen LogP contribution in [0.5, 0.6) is 0 Å². The zero-order chi connectivity index (χ0) is 18.9. The monoisotopic (exact) mass is 388 g/mol. The fourth-order valence-electron chi connectivity index (χ4n) is 3.31. The summed E-state index contributed by atoms with van der Waals surface area (Å²) in [6.07, 6.45) is 1.27. The van der Waals surface area contributed by atoms with Crippen molar-refractivity contribution in [3.05, 3.63) is 15.8 Å². The number of rotatable bonds is 5. The molecule has 1 saturated heterocycles. The summed E-state index contributed by atoms with van der Waals surface area (Å²) in [6.45, 7) is 8.76. The van der Waals surface area contributed by atoms with Crippen molar-refractivity contribution in [1.82, 2.24) is 14.7 Å². The fourth-order valence-corrected chi connectivity index (χ4v) is 3.31. The number of carbonyl (C=O) groups excluding carboxylic acids is 1. The third-order valence-electron chi connectivity index (χ3n) is 5.01. The highest BCUT2D eigenvalue weighted by Crippen LogP contribution is 2.30. The molecule has 148 valence electrons. The van der Waals surface area contributed by atoms with Gasteiger partial charge in [0.2, 0.25) is 11.7 Å². The normalized spacial score (nSPS) is 20.2. The van der Waals surface area contributed by atoms with Gasteiger partial charge in [-0.1, -0.05) is 20.8 Å². The minimum absolute atomic E-state index is 0. The minimum atomic E-state index is -0.543. The van der Waals surface area contributed by atoms with Gasteiger partial charge < -0.3 is 16.0 Å². The topological polar surface area (TPSA) is 119 Å². The molecule has 2 unspecified atom stereocenters. The molecule has 0 spiro atoms. The molecule has 2 heterocycles. The van der Waals surface area contributed by atoms with E-state index in [0.717, 1.165) is 6.42 Å². The lowest BCUT2D eigenvalue weighted by Gasteiger charge is -2.43.